The number of hydrogen-bond donors (Lipinski definition) is 0. The lowest BCUT2D eigenvalue weighted by atomic mass is 10.0. The average Bonchev–Trinajstić information content (AvgIpc) is 2.83. The van der Waals surface area contributed by atoms with Gasteiger partial charge in [-0.1, -0.05) is 0 Å². The molecule has 2 heterocycles. The third kappa shape index (κ3) is 2.77. The van der Waals surface area contributed by atoms with E-state index in [9.17, 15) is 9.59 Å². The van der Waals surface area contributed by atoms with Gasteiger partial charge in [0.2, 0.25) is 5.91 Å². The molecule has 6 heteroatoms. The van der Waals surface area contributed by atoms with Crippen molar-refractivity contribution in [2.45, 2.75) is 25.3 Å². The van der Waals surface area contributed by atoms with Crippen LogP contribution in [0.4, 0.5) is 0 Å². The van der Waals surface area contributed by atoms with Gasteiger partial charge in [0.25, 0.3) is 5.91 Å². The molecule has 1 saturated heterocycles. The molecule has 0 aromatic carbocycles. The van der Waals surface area contributed by atoms with Gasteiger partial charge in [-0.2, -0.15) is 5.10 Å². The summed E-state index contributed by atoms with van der Waals surface area (Å²) in [5.41, 5.74) is 0.404. The molecular weight excluding hydrogens is 244 g/mol. The second-order valence-electron chi connectivity index (χ2n) is 5.12. The van der Waals surface area contributed by atoms with E-state index in [1.165, 1.54) is 0 Å². The van der Waals surface area contributed by atoms with Crippen LogP contribution in [0.5, 0.6) is 0 Å². The number of likely N-dealkylation sites (N-methyl/N-ethyl adjacent to an activating group) is 1. The maximum Gasteiger partial charge on any atom is 0.275 e. The number of likely N-dealkylation sites (tertiary alicyclic amines) is 1. The first-order valence-corrected chi connectivity index (χ1v) is 6.52. The number of carbonyl (C=O) groups excluding carboxylic acids is 2. The molecule has 1 aromatic heterocycles. The quantitative estimate of drug-likeness (QED) is 0.781. The second kappa shape index (κ2) is 5.42. The Balaban J connectivity index is 2.20. The molecule has 19 heavy (non-hydrogen) atoms. The van der Waals surface area contributed by atoms with E-state index < -0.39 is 0 Å². The van der Waals surface area contributed by atoms with E-state index in [-0.39, 0.29) is 17.9 Å². The zero-order chi connectivity index (χ0) is 14.0. The molecule has 0 N–H and O–H groups in total. The lowest BCUT2D eigenvalue weighted by Gasteiger charge is -2.35. The summed E-state index contributed by atoms with van der Waals surface area (Å²) < 4.78 is 1.60. The number of aryl methyl sites for hydroxylation is 1. The van der Waals surface area contributed by atoms with Crippen molar-refractivity contribution in [2.75, 3.05) is 20.6 Å². The van der Waals surface area contributed by atoms with Crippen LogP contribution in [0.15, 0.2) is 12.3 Å². The van der Waals surface area contributed by atoms with E-state index in [4.69, 9.17) is 0 Å². The van der Waals surface area contributed by atoms with Gasteiger partial charge in [0.05, 0.1) is 0 Å². The average molecular weight is 264 g/mol. The molecule has 0 bridgehead atoms. The third-order valence-corrected chi connectivity index (χ3v) is 3.42. The van der Waals surface area contributed by atoms with Gasteiger partial charge in [-0.05, 0) is 25.3 Å². The first-order chi connectivity index (χ1) is 9.00. The van der Waals surface area contributed by atoms with Gasteiger partial charge in [0.1, 0.15) is 11.7 Å². The number of piperidine rings is 1. The molecule has 1 atom stereocenters. The smallest absolute Gasteiger partial charge is 0.275 e. The molecule has 0 aliphatic carbocycles. The van der Waals surface area contributed by atoms with Crippen LogP contribution in [-0.4, -0.2) is 58.1 Å². The fourth-order valence-electron chi connectivity index (χ4n) is 2.41. The zero-order valence-electron chi connectivity index (χ0n) is 11.7. The molecule has 1 aliphatic heterocycles. The van der Waals surface area contributed by atoms with Gasteiger partial charge >= 0.3 is 0 Å². The second-order valence-corrected chi connectivity index (χ2v) is 5.12. The van der Waals surface area contributed by atoms with Crippen molar-refractivity contribution in [3.63, 3.8) is 0 Å². The lowest BCUT2D eigenvalue weighted by Crippen LogP contribution is -2.51. The molecule has 0 unspecified atom stereocenters. The number of aromatic nitrogens is 2. The molecule has 1 fully saturated rings. The van der Waals surface area contributed by atoms with Crippen LogP contribution in [0.3, 0.4) is 0 Å². The van der Waals surface area contributed by atoms with Crippen LogP contribution >= 0.6 is 0 Å². The van der Waals surface area contributed by atoms with E-state index in [1.54, 1.807) is 47.9 Å². The van der Waals surface area contributed by atoms with Crippen molar-refractivity contribution in [3.8, 4) is 0 Å². The van der Waals surface area contributed by atoms with Crippen molar-refractivity contribution in [1.82, 2.24) is 19.6 Å². The molecule has 0 radical (unpaired) electrons. The minimum absolute atomic E-state index is 0.0102. The highest BCUT2D eigenvalue weighted by atomic mass is 16.2. The molecule has 1 aromatic rings. The van der Waals surface area contributed by atoms with Crippen LogP contribution in [-0.2, 0) is 11.8 Å². The van der Waals surface area contributed by atoms with Crippen molar-refractivity contribution in [2.24, 2.45) is 7.05 Å². The van der Waals surface area contributed by atoms with Crippen LogP contribution in [0, 0.1) is 0 Å². The maximum atomic E-state index is 12.4. The molecule has 104 valence electrons. The molecule has 2 amide bonds. The molecule has 2 rings (SSSR count). The summed E-state index contributed by atoms with van der Waals surface area (Å²) in [7, 11) is 5.22. The third-order valence-electron chi connectivity index (χ3n) is 3.42. The molecule has 0 saturated carbocycles. The van der Waals surface area contributed by atoms with Crippen LogP contribution in [0.25, 0.3) is 0 Å². The monoisotopic (exact) mass is 264 g/mol. The standard InChI is InChI=1S/C13H20N4O2/c1-15(2)13(19)11-6-4-5-8-17(11)12(18)10-7-9-16(3)14-10/h7,9,11H,4-6,8H2,1-3H3/t11-/m1/s1. The Labute approximate surface area is 113 Å². The summed E-state index contributed by atoms with van der Waals surface area (Å²) in [6.45, 7) is 0.625. The Morgan fingerprint density at radius 3 is 2.68 bits per heavy atom. The van der Waals surface area contributed by atoms with Gasteiger partial charge in [0.15, 0.2) is 0 Å². The van der Waals surface area contributed by atoms with Gasteiger partial charge in [0, 0.05) is 33.9 Å². The highest BCUT2D eigenvalue weighted by Gasteiger charge is 2.34. The Morgan fingerprint density at radius 2 is 2.11 bits per heavy atom. The SMILES string of the molecule is CN(C)C(=O)[C@H]1CCCCN1C(=O)c1ccn(C)n1. The van der Waals surface area contributed by atoms with Gasteiger partial charge in [-0.25, -0.2) is 0 Å². The summed E-state index contributed by atoms with van der Waals surface area (Å²) in [6, 6.07) is 1.34. The summed E-state index contributed by atoms with van der Waals surface area (Å²) in [5, 5.41) is 4.12. The Hall–Kier alpha value is -1.85. The highest BCUT2D eigenvalue weighted by Crippen LogP contribution is 2.20. The first-order valence-electron chi connectivity index (χ1n) is 6.52. The Kier molecular flexibility index (Phi) is 3.87. The van der Waals surface area contributed by atoms with Gasteiger partial charge in [-0.15, -0.1) is 0 Å². The van der Waals surface area contributed by atoms with Crippen molar-refractivity contribution >= 4 is 11.8 Å². The van der Waals surface area contributed by atoms with Crippen molar-refractivity contribution < 1.29 is 9.59 Å². The van der Waals surface area contributed by atoms with Gasteiger partial charge in [-0.3, -0.25) is 14.3 Å². The minimum Gasteiger partial charge on any atom is -0.347 e. The predicted molar refractivity (Wildman–Crippen MR) is 70.6 cm³/mol. The number of nitrogens with zero attached hydrogens (tertiary/aromatic N) is 4. The largest absolute Gasteiger partial charge is 0.347 e. The summed E-state index contributed by atoms with van der Waals surface area (Å²) in [4.78, 5) is 27.8. The molecule has 1 aliphatic rings. The zero-order valence-corrected chi connectivity index (χ0v) is 11.7. The fourth-order valence-corrected chi connectivity index (χ4v) is 2.41. The molecule has 0 spiro atoms. The normalized spacial score (nSPS) is 19.3. The topological polar surface area (TPSA) is 58.4 Å². The van der Waals surface area contributed by atoms with E-state index in [2.05, 4.69) is 5.10 Å². The minimum atomic E-state index is -0.349. The van der Waals surface area contributed by atoms with E-state index >= 15 is 0 Å². The van der Waals surface area contributed by atoms with Gasteiger partial charge < -0.3 is 9.80 Å². The highest BCUT2D eigenvalue weighted by molar-refractivity contribution is 5.96. The summed E-state index contributed by atoms with van der Waals surface area (Å²) in [5.74, 6) is -0.163. The number of amides is 2. The van der Waals surface area contributed by atoms with E-state index in [0.29, 0.717) is 12.2 Å². The van der Waals surface area contributed by atoms with Crippen LogP contribution in [0.2, 0.25) is 0 Å². The predicted octanol–water partition coefficient (Wildman–Crippen LogP) is 0.503. The summed E-state index contributed by atoms with van der Waals surface area (Å²) >= 11 is 0. The number of hydrogen-bond acceptors (Lipinski definition) is 3. The van der Waals surface area contributed by atoms with E-state index in [1.807, 2.05) is 0 Å². The Bertz CT molecular complexity index is 481. The van der Waals surface area contributed by atoms with Crippen LogP contribution < -0.4 is 0 Å². The summed E-state index contributed by atoms with van der Waals surface area (Å²) in [6.07, 6.45) is 4.39. The number of rotatable bonds is 2. The molecule has 6 nitrogen and oxygen atoms in total. The van der Waals surface area contributed by atoms with Crippen molar-refractivity contribution in [3.05, 3.63) is 18.0 Å². The van der Waals surface area contributed by atoms with E-state index in [0.717, 1.165) is 19.3 Å². The lowest BCUT2D eigenvalue weighted by molar-refractivity contribution is -0.134. The maximum absolute atomic E-state index is 12.4. The van der Waals surface area contributed by atoms with Crippen LogP contribution in [0.1, 0.15) is 29.8 Å². The first kappa shape index (κ1) is 13.6. The Morgan fingerprint density at radius 1 is 1.37 bits per heavy atom. The fraction of sp³-hybridized carbons (Fsp3) is 0.615. The molecular formula is C13H20N4O2. The number of carbonyl (C=O) groups is 2. The van der Waals surface area contributed by atoms with Crippen molar-refractivity contribution in [1.29, 1.82) is 0 Å².